The number of hydrogen-bond acceptors (Lipinski definition) is 5. The number of nitrogens with zero attached hydrogens (tertiary/aromatic N) is 1. The third-order valence-electron chi connectivity index (χ3n) is 3.05. The van der Waals surface area contributed by atoms with Crippen molar-refractivity contribution in [1.29, 1.82) is 0 Å². The second-order valence-corrected chi connectivity index (χ2v) is 4.62. The van der Waals surface area contributed by atoms with Crippen LogP contribution in [-0.4, -0.2) is 68.2 Å². The Morgan fingerprint density at radius 2 is 1.70 bits per heavy atom. The largest absolute Gasteiger partial charge is 0.378 e. The predicted octanol–water partition coefficient (Wildman–Crippen LogP) is -1.33. The molecule has 0 aliphatic carbocycles. The van der Waals surface area contributed by atoms with E-state index in [-0.39, 0.29) is 5.91 Å². The summed E-state index contributed by atoms with van der Waals surface area (Å²) in [6.45, 7) is 5.48. The topological polar surface area (TPSA) is 99.8 Å². The van der Waals surface area contributed by atoms with E-state index in [0.29, 0.717) is 26.3 Å². The van der Waals surface area contributed by atoms with Gasteiger partial charge in [-0.2, -0.15) is 0 Å². The van der Waals surface area contributed by atoms with Crippen molar-refractivity contribution in [2.75, 3.05) is 33.4 Å². The second kappa shape index (κ2) is 7.81. The van der Waals surface area contributed by atoms with Gasteiger partial charge in [0.25, 0.3) is 0 Å². The zero-order valence-corrected chi connectivity index (χ0v) is 12.1. The van der Waals surface area contributed by atoms with E-state index in [1.165, 1.54) is 7.05 Å². The third kappa shape index (κ3) is 4.78. The molecule has 1 saturated heterocycles. The van der Waals surface area contributed by atoms with Gasteiger partial charge in [-0.25, -0.2) is 4.79 Å². The van der Waals surface area contributed by atoms with Gasteiger partial charge < -0.3 is 15.0 Å². The van der Waals surface area contributed by atoms with Gasteiger partial charge in [0.15, 0.2) is 0 Å². The molecule has 1 aliphatic heterocycles. The molecule has 4 amide bonds. The minimum atomic E-state index is -0.646. The molecule has 0 aromatic rings. The van der Waals surface area contributed by atoms with E-state index in [4.69, 9.17) is 4.74 Å². The zero-order valence-electron chi connectivity index (χ0n) is 12.1. The first-order valence-corrected chi connectivity index (χ1v) is 6.61. The van der Waals surface area contributed by atoms with Gasteiger partial charge in [0.05, 0.1) is 25.3 Å². The Hall–Kier alpha value is -1.67. The maximum absolute atomic E-state index is 12.1. The number of amides is 4. The Bertz CT molecular complexity index is 368. The molecule has 1 fully saturated rings. The van der Waals surface area contributed by atoms with Gasteiger partial charge in [-0.3, -0.25) is 20.2 Å². The van der Waals surface area contributed by atoms with Crippen LogP contribution >= 0.6 is 0 Å². The molecule has 1 rings (SSSR count). The Kier molecular flexibility index (Phi) is 6.40. The van der Waals surface area contributed by atoms with Crippen LogP contribution in [0.4, 0.5) is 4.79 Å². The van der Waals surface area contributed by atoms with Crippen molar-refractivity contribution in [2.24, 2.45) is 0 Å². The number of ether oxygens (including phenoxy) is 1. The quantitative estimate of drug-likeness (QED) is 0.594. The van der Waals surface area contributed by atoms with E-state index in [1.54, 1.807) is 18.7 Å². The van der Waals surface area contributed by atoms with Crippen LogP contribution < -0.4 is 16.0 Å². The molecule has 2 unspecified atom stereocenters. The van der Waals surface area contributed by atoms with Crippen LogP contribution in [-0.2, 0) is 14.3 Å². The Morgan fingerprint density at radius 3 is 2.25 bits per heavy atom. The van der Waals surface area contributed by atoms with Gasteiger partial charge in [0.2, 0.25) is 11.8 Å². The summed E-state index contributed by atoms with van der Waals surface area (Å²) >= 11 is 0. The van der Waals surface area contributed by atoms with Crippen molar-refractivity contribution in [1.82, 2.24) is 20.9 Å². The lowest BCUT2D eigenvalue weighted by atomic mass is 10.2. The highest BCUT2D eigenvalue weighted by Gasteiger charge is 2.25. The van der Waals surface area contributed by atoms with Crippen molar-refractivity contribution >= 4 is 17.8 Å². The molecule has 0 bridgehead atoms. The summed E-state index contributed by atoms with van der Waals surface area (Å²) in [7, 11) is 1.42. The number of carbonyl (C=O) groups excluding carboxylic acids is 3. The first-order valence-electron chi connectivity index (χ1n) is 6.61. The number of imide groups is 1. The Balaban J connectivity index is 2.43. The molecule has 0 spiro atoms. The molecular formula is C12H22N4O4. The molecule has 8 nitrogen and oxygen atoms in total. The summed E-state index contributed by atoms with van der Waals surface area (Å²) < 4.78 is 5.18. The van der Waals surface area contributed by atoms with Crippen LogP contribution in [0, 0.1) is 0 Å². The van der Waals surface area contributed by atoms with E-state index >= 15 is 0 Å². The second-order valence-electron chi connectivity index (χ2n) is 4.62. The normalized spacial score (nSPS) is 18.1. The highest BCUT2D eigenvalue weighted by molar-refractivity contribution is 5.97. The van der Waals surface area contributed by atoms with E-state index in [1.807, 2.05) is 0 Å². The third-order valence-corrected chi connectivity index (χ3v) is 3.05. The summed E-state index contributed by atoms with van der Waals surface area (Å²) in [4.78, 5) is 36.5. The molecule has 3 N–H and O–H groups in total. The van der Waals surface area contributed by atoms with Crippen molar-refractivity contribution in [2.45, 2.75) is 25.9 Å². The highest BCUT2D eigenvalue weighted by Crippen LogP contribution is 2.01. The number of rotatable bonds is 4. The van der Waals surface area contributed by atoms with Crippen molar-refractivity contribution in [3.05, 3.63) is 0 Å². The lowest BCUT2D eigenvalue weighted by Crippen LogP contribution is -2.55. The van der Waals surface area contributed by atoms with Gasteiger partial charge in [0.1, 0.15) is 0 Å². The van der Waals surface area contributed by atoms with Crippen molar-refractivity contribution < 1.29 is 19.1 Å². The van der Waals surface area contributed by atoms with E-state index < -0.39 is 24.0 Å². The molecule has 0 radical (unpaired) electrons. The maximum atomic E-state index is 12.1. The lowest BCUT2D eigenvalue weighted by Gasteiger charge is -2.30. The summed E-state index contributed by atoms with van der Waals surface area (Å²) in [6.07, 6.45) is 0. The smallest absolute Gasteiger partial charge is 0.321 e. The lowest BCUT2D eigenvalue weighted by molar-refractivity contribution is -0.137. The van der Waals surface area contributed by atoms with Gasteiger partial charge >= 0.3 is 6.03 Å². The Morgan fingerprint density at radius 1 is 1.10 bits per heavy atom. The van der Waals surface area contributed by atoms with Gasteiger partial charge in [-0.05, 0) is 13.8 Å². The number of hydrogen-bond donors (Lipinski definition) is 3. The summed E-state index contributed by atoms with van der Waals surface area (Å²) in [6, 6.07) is -1.72. The standard InChI is InChI=1S/C12H22N4O4/c1-8(10(17)15-12(19)13-3)14-9(2)11(18)16-4-6-20-7-5-16/h8-9,14H,4-7H2,1-3H3,(H2,13,15,17,19). The zero-order chi connectivity index (χ0) is 15.1. The molecule has 0 aromatic heterocycles. The van der Waals surface area contributed by atoms with E-state index in [2.05, 4.69) is 16.0 Å². The SMILES string of the molecule is CNC(=O)NC(=O)C(C)NC(C)C(=O)N1CCOCC1. The van der Waals surface area contributed by atoms with Crippen LogP contribution in [0.2, 0.25) is 0 Å². The van der Waals surface area contributed by atoms with Crippen molar-refractivity contribution in [3.63, 3.8) is 0 Å². The fourth-order valence-corrected chi connectivity index (χ4v) is 1.86. The van der Waals surface area contributed by atoms with Gasteiger partial charge in [-0.1, -0.05) is 0 Å². The average Bonchev–Trinajstić information content (AvgIpc) is 2.46. The average molecular weight is 286 g/mol. The molecule has 2 atom stereocenters. The first-order chi connectivity index (χ1) is 9.45. The molecule has 20 heavy (non-hydrogen) atoms. The summed E-state index contributed by atoms with van der Waals surface area (Å²) in [5.41, 5.74) is 0. The van der Waals surface area contributed by atoms with E-state index in [0.717, 1.165) is 0 Å². The maximum Gasteiger partial charge on any atom is 0.321 e. The number of morpholine rings is 1. The minimum Gasteiger partial charge on any atom is -0.378 e. The van der Waals surface area contributed by atoms with Crippen LogP contribution in [0.25, 0.3) is 0 Å². The van der Waals surface area contributed by atoms with Crippen LogP contribution in [0.5, 0.6) is 0 Å². The summed E-state index contributed by atoms with van der Waals surface area (Å²) in [5, 5.41) is 7.33. The monoisotopic (exact) mass is 286 g/mol. The van der Waals surface area contributed by atoms with Crippen LogP contribution in [0.1, 0.15) is 13.8 Å². The van der Waals surface area contributed by atoms with Gasteiger partial charge in [-0.15, -0.1) is 0 Å². The van der Waals surface area contributed by atoms with Crippen LogP contribution in [0.15, 0.2) is 0 Å². The Labute approximate surface area is 118 Å². The molecule has 1 aliphatic rings. The summed E-state index contributed by atoms with van der Waals surface area (Å²) in [5.74, 6) is -0.557. The minimum absolute atomic E-state index is 0.0760. The first kappa shape index (κ1) is 16.4. The predicted molar refractivity (Wildman–Crippen MR) is 72.1 cm³/mol. The molecule has 0 saturated carbocycles. The highest BCUT2D eigenvalue weighted by atomic mass is 16.5. The molecule has 1 heterocycles. The molecule has 0 aromatic carbocycles. The fraction of sp³-hybridized carbons (Fsp3) is 0.750. The molecule has 114 valence electrons. The number of nitrogens with one attached hydrogen (secondary N) is 3. The van der Waals surface area contributed by atoms with Gasteiger partial charge in [0, 0.05) is 20.1 Å². The fourth-order valence-electron chi connectivity index (χ4n) is 1.86. The van der Waals surface area contributed by atoms with Crippen molar-refractivity contribution in [3.8, 4) is 0 Å². The van der Waals surface area contributed by atoms with E-state index in [9.17, 15) is 14.4 Å². The molecular weight excluding hydrogens is 264 g/mol. The number of urea groups is 1. The van der Waals surface area contributed by atoms with Crippen LogP contribution in [0.3, 0.4) is 0 Å². The molecule has 8 heteroatoms. The number of carbonyl (C=O) groups is 3.